The van der Waals surface area contributed by atoms with E-state index in [9.17, 15) is 9.59 Å². The minimum Gasteiger partial charge on any atom is -0.445 e. The Morgan fingerprint density at radius 1 is 1.20 bits per heavy atom. The van der Waals surface area contributed by atoms with Crippen LogP contribution in [-0.4, -0.2) is 35.0 Å². The number of amides is 2. The zero-order valence-electron chi connectivity index (χ0n) is 14.1. The number of halogens is 1. The molecule has 132 valence electrons. The number of alkyl carbamates (subject to hydrolysis) is 1. The van der Waals surface area contributed by atoms with Gasteiger partial charge in [0, 0.05) is 19.8 Å². The molecule has 1 heterocycles. The number of ether oxygens (including phenoxy) is 1. The van der Waals surface area contributed by atoms with Crippen molar-refractivity contribution in [2.24, 2.45) is 0 Å². The summed E-state index contributed by atoms with van der Waals surface area (Å²) >= 11 is 5.74. The van der Waals surface area contributed by atoms with Gasteiger partial charge in [-0.3, -0.25) is 4.79 Å². The molecular weight excluding hydrogens is 342 g/mol. The van der Waals surface area contributed by atoms with Gasteiger partial charge in [-0.05, 0) is 24.1 Å². The topological polar surface area (TPSA) is 71.5 Å². The summed E-state index contributed by atoms with van der Waals surface area (Å²) in [7, 11) is 1.66. The Labute approximate surface area is 151 Å². The number of hydrogen-bond acceptors (Lipinski definition) is 4. The molecule has 25 heavy (non-hydrogen) atoms. The molecule has 1 aromatic heterocycles. The molecule has 0 saturated carbocycles. The lowest BCUT2D eigenvalue weighted by Gasteiger charge is -2.22. The molecule has 1 atom stereocenters. The highest BCUT2D eigenvalue weighted by Gasteiger charge is 2.20. The van der Waals surface area contributed by atoms with Gasteiger partial charge < -0.3 is 15.0 Å². The van der Waals surface area contributed by atoms with Gasteiger partial charge in [-0.2, -0.15) is 0 Å². The van der Waals surface area contributed by atoms with E-state index in [1.165, 1.54) is 4.90 Å². The lowest BCUT2D eigenvalue weighted by molar-refractivity contribution is -0.132. The van der Waals surface area contributed by atoms with E-state index in [1.807, 2.05) is 30.3 Å². The Balaban J connectivity index is 1.80. The van der Waals surface area contributed by atoms with Crippen molar-refractivity contribution >= 4 is 23.6 Å². The maximum atomic E-state index is 12.3. The van der Waals surface area contributed by atoms with Gasteiger partial charge in [-0.15, -0.1) is 0 Å². The van der Waals surface area contributed by atoms with Crippen LogP contribution in [0.15, 0.2) is 48.7 Å². The van der Waals surface area contributed by atoms with Crippen LogP contribution in [-0.2, 0) is 22.7 Å². The molecule has 0 unspecified atom stereocenters. The van der Waals surface area contributed by atoms with Crippen LogP contribution in [0.1, 0.15) is 18.1 Å². The smallest absolute Gasteiger partial charge is 0.408 e. The normalized spacial score (nSPS) is 11.5. The summed E-state index contributed by atoms with van der Waals surface area (Å²) in [4.78, 5) is 29.6. The molecule has 2 amide bonds. The largest absolute Gasteiger partial charge is 0.445 e. The molecule has 7 heteroatoms. The van der Waals surface area contributed by atoms with Crippen molar-refractivity contribution in [3.63, 3.8) is 0 Å². The van der Waals surface area contributed by atoms with Crippen molar-refractivity contribution in [3.05, 3.63) is 64.9 Å². The third kappa shape index (κ3) is 6.08. The van der Waals surface area contributed by atoms with E-state index in [2.05, 4.69) is 10.3 Å². The number of benzene rings is 1. The van der Waals surface area contributed by atoms with Crippen molar-refractivity contribution in [1.82, 2.24) is 15.2 Å². The van der Waals surface area contributed by atoms with Crippen LogP contribution >= 0.6 is 11.6 Å². The lowest BCUT2D eigenvalue weighted by atomic mass is 10.2. The second kappa shape index (κ2) is 9.03. The summed E-state index contributed by atoms with van der Waals surface area (Å²) in [5.74, 6) is -0.230. The molecule has 0 aliphatic rings. The molecular formula is C18H20ClN3O3. The molecule has 6 nitrogen and oxygen atoms in total. The average Bonchev–Trinajstić information content (AvgIpc) is 2.62. The Hall–Kier alpha value is -2.60. The van der Waals surface area contributed by atoms with E-state index < -0.39 is 12.1 Å². The third-order valence-corrected chi connectivity index (χ3v) is 3.73. The zero-order valence-corrected chi connectivity index (χ0v) is 14.9. The molecule has 0 aliphatic heterocycles. The lowest BCUT2D eigenvalue weighted by Crippen LogP contribution is -2.45. The maximum absolute atomic E-state index is 12.3. The van der Waals surface area contributed by atoms with E-state index >= 15 is 0 Å². The summed E-state index contributed by atoms with van der Waals surface area (Å²) in [5.41, 5.74) is 1.73. The van der Waals surface area contributed by atoms with Crippen LogP contribution in [0.25, 0.3) is 0 Å². The number of carbonyl (C=O) groups excluding carboxylic acids is 2. The highest BCUT2D eigenvalue weighted by Crippen LogP contribution is 2.08. The van der Waals surface area contributed by atoms with Crippen molar-refractivity contribution in [2.45, 2.75) is 26.1 Å². The predicted octanol–water partition coefficient (Wildman–Crippen LogP) is 3.01. The summed E-state index contributed by atoms with van der Waals surface area (Å²) in [6.45, 7) is 2.14. The molecule has 2 rings (SSSR count). The fourth-order valence-corrected chi connectivity index (χ4v) is 2.30. The van der Waals surface area contributed by atoms with Gasteiger partial charge in [0.2, 0.25) is 5.91 Å². The average molecular weight is 362 g/mol. The molecule has 0 fully saturated rings. The number of likely N-dealkylation sites (N-methyl/N-ethyl adjacent to an activating group) is 1. The van der Waals surface area contributed by atoms with E-state index in [0.29, 0.717) is 11.7 Å². The molecule has 1 N–H and O–H groups in total. The maximum Gasteiger partial charge on any atom is 0.408 e. The van der Waals surface area contributed by atoms with E-state index in [1.54, 1.807) is 32.3 Å². The summed E-state index contributed by atoms with van der Waals surface area (Å²) in [6.07, 6.45) is 0.976. The van der Waals surface area contributed by atoms with Crippen molar-refractivity contribution < 1.29 is 14.3 Å². The first-order valence-corrected chi connectivity index (χ1v) is 8.16. The predicted molar refractivity (Wildman–Crippen MR) is 94.9 cm³/mol. The van der Waals surface area contributed by atoms with Gasteiger partial charge in [0.05, 0.1) is 0 Å². The quantitative estimate of drug-likeness (QED) is 0.803. The molecule has 0 saturated heterocycles. The molecule has 1 aromatic carbocycles. The first-order chi connectivity index (χ1) is 12.0. The first-order valence-electron chi connectivity index (χ1n) is 7.78. The van der Waals surface area contributed by atoms with Gasteiger partial charge in [-0.1, -0.05) is 48.0 Å². The van der Waals surface area contributed by atoms with E-state index in [-0.39, 0.29) is 12.5 Å². The van der Waals surface area contributed by atoms with Crippen LogP contribution in [0.2, 0.25) is 5.15 Å². The van der Waals surface area contributed by atoms with Crippen molar-refractivity contribution in [2.75, 3.05) is 7.05 Å². The van der Waals surface area contributed by atoms with Crippen molar-refractivity contribution in [3.8, 4) is 0 Å². The molecule has 0 radical (unpaired) electrons. The van der Waals surface area contributed by atoms with Crippen LogP contribution in [0.3, 0.4) is 0 Å². The Bertz CT molecular complexity index is 707. The summed E-state index contributed by atoms with van der Waals surface area (Å²) in [5, 5.41) is 2.93. The highest BCUT2D eigenvalue weighted by atomic mass is 35.5. The highest BCUT2D eigenvalue weighted by molar-refractivity contribution is 6.29. The second-order valence-electron chi connectivity index (χ2n) is 5.61. The number of nitrogens with zero attached hydrogens (tertiary/aromatic N) is 2. The third-order valence-electron chi connectivity index (χ3n) is 3.50. The molecule has 0 bridgehead atoms. The standard InChI is InChI=1S/C18H20ClN3O3/c1-13(21-18(24)25-12-14-6-4-3-5-7-14)17(23)22(2)11-15-8-9-16(19)20-10-15/h3-10,13H,11-12H2,1-2H3,(H,21,24)/t13-/m0/s1. The van der Waals surface area contributed by atoms with Gasteiger partial charge in [-0.25, -0.2) is 9.78 Å². The Morgan fingerprint density at radius 3 is 2.56 bits per heavy atom. The van der Waals surface area contributed by atoms with Gasteiger partial charge in [0.15, 0.2) is 0 Å². The van der Waals surface area contributed by atoms with E-state index in [0.717, 1.165) is 11.1 Å². The monoisotopic (exact) mass is 361 g/mol. The van der Waals surface area contributed by atoms with Crippen LogP contribution in [0, 0.1) is 0 Å². The van der Waals surface area contributed by atoms with Gasteiger partial charge >= 0.3 is 6.09 Å². The number of nitrogens with one attached hydrogen (secondary N) is 1. The number of pyridine rings is 1. The summed E-state index contributed by atoms with van der Waals surface area (Å²) in [6, 6.07) is 12.1. The van der Waals surface area contributed by atoms with E-state index in [4.69, 9.17) is 16.3 Å². The Kier molecular flexibility index (Phi) is 6.77. The number of rotatable bonds is 6. The number of carbonyl (C=O) groups is 2. The second-order valence-corrected chi connectivity index (χ2v) is 6.00. The number of hydrogen-bond donors (Lipinski definition) is 1. The van der Waals surface area contributed by atoms with Gasteiger partial charge in [0.1, 0.15) is 17.8 Å². The molecule has 0 aliphatic carbocycles. The van der Waals surface area contributed by atoms with Crippen molar-refractivity contribution in [1.29, 1.82) is 0 Å². The summed E-state index contributed by atoms with van der Waals surface area (Å²) < 4.78 is 5.11. The minimum absolute atomic E-state index is 0.153. The fraction of sp³-hybridized carbons (Fsp3) is 0.278. The molecule has 2 aromatic rings. The van der Waals surface area contributed by atoms with Crippen LogP contribution in [0.5, 0.6) is 0 Å². The minimum atomic E-state index is -0.700. The fourth-order valence-electron chi connectivity index (χ4n) is 2.19. The van der Waals surface area contributed by atoms with Crippen LogP contribution in [0.4, 0.5) is 4.79 Å². The van der Waals surface area contributed by atoms with Gasteiger partial charge in [0.25, 0.3) is 0 Å². The zero-order chi connectivity index (χ0) is 18.2. The Morgan fingerprint density at radius 2 is 1.92 bits per heavy atom. The van der Waals surface area contributed by atoms with Crippen LogP contribution < -0.4 is 5.32 Å². The number of aromatic nitrogens is 1. The molecule has 0 spiro atoms. The first kappa shape index (κ1) is 18.7. The SMILES string of the molecule is C[C@H](NC(=O)OCc1ccccc1)C(=O)N(C)Cc1ccc(Cl)nc1.